The van der Waals surface area contributed by atoms with Gasteiger partial charge in [0.2, 0.25) is 10.0 Å². The van der Waals surface area contributed by atoms with Crippen LogP contribution in [0.5, 0.6) is 5.75 Å². The van der Waals surface area contributed by atoms with Crippen molar-refractivity contribution in [2.75, 3.05) is 18.8 Å². The van der Waals surface area contributed by atoms with Crippen LogP contribution in [0.1, 0.15) is 61.7 Å². The Morgan fingerprint density at radius 2 is 1.57 bits per heavy atom. The smallest absolute Gasteiger partial charge is 0.268 e. The highest BCUT2D eigenvalue weighted by atomic mass is 35.5. The van der Waals surface area contributed by atoms with E-state index in [1.54, 1.807) is 18.2 Å². The van der Waals surface area contributed by atoms with Gasteiger partial charge in [0.05, 0.1) is 23.5 Å². The maximum Gasteiger partial charge on any atom is 0.268 e. The van der Waals surface area contributed by atoms with Gasteiger partial charge in [-0.05, 0) is 73.5 Å². The van der Waals surface area contributed by atoms with Gasteiger partial charge in [0.15, 0.2) is 0 Å². The molecule has 7 nitrogen and oxygen atoms in total. The summed E-state index contributed by atoms with van der Waals surface area (Å²) in [7, 11) is -3.74. The number of hydrogen-bond acceptors (Lipinski definition) is 6. The van der Waals surface area contributed by atoms with E-state index in [-0.39, 0.29) is 35.7 Å². The highest BCUT2D eigenvalue weighted by Crippen LogP contribution is 2.29. The number of carbonyl (C=O) groups is 1. The Balaban J connectivity index is 0.00000560. The fraction of sp³-hybridized carbons (Fsp3) is 0.387. The number of hydrogen-bond donors (Lipinski definition) is 3. The van der Waals surface area contributed by atoms with Gasteiger partial charge in [-0.3, -0.25) is 4.79 Å². The number of ether oxygens (including phenoxy) is 1. The maximum atomic E-state index is 12.9. The van der Waals surface area contributed by atoms with Crippen LogP contribution in [-0.4, -0.2) is 44.4 Å². The van der Waals surface area contributed by atoms with Crippen molar-refractivity contribution in [3.63, 3.8) is 0 Å². The van der Waals surface area contributed by atoms with E-state index in [0.717, 1.165) is 35.2 Å². The lowest BCUT2D eigenvalue weighted by Crippen LogP contribution is -2.33. The molecule has 0 aliphatic rings. The molecule has 0 spiro atoms. The van der Waals surface area contributed by atoms with Gasteiger partial charge >= 0.3 is 0 Å². The Morgan fingerprint density at radius 1 is 0.925 bits per heavy atom. The molecule has 3 N–H and O–H groups in total. The second kappa shape index (κ2) is 15.8. The quantitative estimate of drug-likeness (QED) is 0.214. The van der Waals surface area contributed by atoms with Crippen molar-refractivity contribution in [1.29, 1.82) is 0 Å². The Hall–Kier alpha value is -2.91. The minimum atomic E-state index is -3.74. The Bertz CT molecular complexity index is 1310. The number of rotatable bonds is 14. The molecule has 0 saturated heterocycles. The molecule has 0 fully saturated rings. The van der Waals surface area contributed by atoms with Crippen molar-refractivity contribution in [2.24, 2.45) is 5.92 Å². The zero-order valence-corrected chi connectivity index (χ0v) is 25.2. The van der Waals surface area contributed by atoms with Crippen LogP contribution >= 0.6 is 12.4 Å². The molecule has 1 atom stereocenters. The molecule has 218 valence electrons. The predicted octanol–water partition coefficient (Wildman–Crippen LogP) is 5.53. The fourth-order valence-corrected chi connectivity index (χ4v) is 5.28. The standard InChI is InChI=1S/C31H40N2O5S.ClH/c1-22(2)17-19-39(36,37)33-31(35)28-15-14-27(20-30(28)38-23(3)4)25-12-10-24(11-13-25)16-18-32-21-29(34)26-8-6-5-7-9-26;/h5-15,20,22-23,29,32,34H,16-19,21H2,1-4H3,(H,33,35);1H/t29-;/m0./s1. The van der Waals surface area contributed by atoms with E-state index in [1.807, 2.05) is 70.2 Å². The van der Waals surface area contributed by atoms with Crippen molar-refractivity contribution < 1.29 is 23.1 Å². The van der Waals surface area contributed by atoms with Gasteiger partial charge in [0.1, 0.15) is 5.75 Å². The largest absolute Gasteiger partial charge is 0.490 e. The van der Waals surface area contributed by atoms with Crippen molar-refractivity contribution in [2.45, 2.75) is 52.7 Å². The minimum Gasteiger partial charge on any atom is -0.490 e. The average Bonchev–Trinajstić information content (AvgIpc) is 2.90. The summed E-state index contributed by atoms with van der Waals surface area (Å²) in [4.78, 5) is 12.9. The number of nitrogens with one attached hydrogen (secondary N) is 2. The molecule has 0 unspecified atom stereocenters. The third kappa shape index (κ3) is 10.6. The lowest BCUT2D eigenvalue weighted by molar-refractivity contribution is 0.0975. The summed E-state index contributed by atoms with van der Waals surface area (Å²) in [5.74, 6) is -0.249. The molecule has 0 saturated carbocycles. The molecule has 9 heteroatoms. The molecule has 1 amide bonds. The van der Waals surface area contributed by atoms with Crippen LogP contribution < -0.4 is 14.8 Å². The number of amides is 1. The monoisotopic (exact) mass is 588 g/mol. The van der Waals surface area contributed by atoms with Crippen LogP contribution in [0.4, 0.5) is 0 Å². The molecular weight excluding hydrogens is 548 g/mol. The van der Waals surface area contributed by atoms with Crippen LogP contribution in [0.3, 0.4) is 0 Å². The zero-order chi connectivity index (χ0) is 28.4. The van der Waals surface area contributed by atoms with Gasteiger partial charge in [0.25, 0.3) is 5.91 Å². The van der Waals surface area contributed by atoms with E-state index < -0.39 is 22.0 Å². The summed E-state index contributed by atoms with van der Waals surface area (Å²) < 4.78 is 32.8. The number of aliphatic hydroxyl groups excluding tert-OH is 1. The third-order valence-electron chi connectivity index (χ3n) is 6.20. The van der Waals surface area contributed by atoms with E-state index in [9.17, 15) is 18.3 Å². The van der Waals surface area contributed by atoms with Crippen LogP contribution in [0.15, 0.2) is 72.8 Å². The lowest BCUT2D eigenvalue weighted by atomic mass is 10.0. The van der Waals surface area contributed by atoms with E-state index in [4.69, 9.17) is 4.74 Å². The van der Waals surface area contributed by atoms with Gasteiger partial charge in [-0.2, -0.15) is 0 Å². The average molecular weight is 589 g/mol. The minimum absolute atomic E-state index is 0. The molecule has 0 aliphatic carbocycles. The summed E-state index contributed by atoms with van der Waals surface area (Å²) in [6.45, 7) is 8.81. The maximum absolute atomic E-state index is 12.9. The molecule has 40 heavy (non-hydrogen) atoms. The molecule has 0 heterocycles. The summed E-state index contributed by atoms with van der Waals surface area (Å²) in [5, 5.41) is 13.6. The van der Waals surface area contributed by atoms with Crippen molar-refractivity contribution in [3.05, 3.63) is 89.5 Å². The summed E-state index contributed by atoms with van der Waals surface area (Å²) in [6.07, 6.45) is 0.549. The SMILES string of the molecule is CC(C)CCS(=O)(=O)NC(=O)c1ccc(-c2ccc(CCNC[C@H](O)c3ccccc3)cc2)cc1OC(C)C.Cl. The van der Waals surface area contributed by atoms with E-state index in [2.05, 4.69) is 22.2 Å². The number of sulfonamides is 1. The number of aliphatic hydroxyl groups is 1. The topological polar surface area (TPSA) is 105 Å². The number of carbonyl (C=O) groups excluding carboxylic acids is 1. The molecule has 0 bridgehead atoms. The highest BCUT2D eigenvalue weighted by Gasteiger charge is 2.21. The van der Waals surface area contributed by atoms with Crippen LogP contribution in [-0.2, 0) is 16.4 Å². The first-order chi connectivity index (χ1) is 18.5. The zero-order valence-electron chi connectivity index (χ0n) is 23.6. The molecule has 0 aliphatic heterocycles. The van der Waals surface area contributed by atoms with Gasteiger partial charge in [0, 0.05) is 6.54 Å². The molecule has 3 aromatic carbocycles. The summed E-state index contributed by atoms with van der Waals surface area (Å²) in [6, 6.07) is 22.9. The van der Waals surface area contributed by atoms with Crippen molar-refractivity contribution in [3.8, 4) is 16.9 Å². The van der Waals surface area contributed by atoms with E-state index >= 15 is 0 Å². The Kier molecular flexibility index (Phi) is 13.1. The highest BCUT2D eigenvalue weighted by molar-refractivity contribution is 7.90. The fourth-order valence-electron chi connectivity index (χ4n) is 4.01. The predicted molar refractivity (Wildman–Crippen MR) is 164 cm³/mol. The van der Waals surface area contributed by atoms with Gasteiger partial charge < -0.3 is 15.2 Å². The van der Waals surface area contributed by atoms with Crippen molar-refractivity contribution in [1.82, 2.24) is 10.0 Å². The first-order valence-electron chi connectivity index (χ1n) is 13.4. The van der Waals surface area contributed by atoms with Crippen molar-refractivity contribution >= 4 is 28.3 Å². The van der Waals surface area contributed by atoms with Crippen LogP contribution in [0, 0.1) is 5.92 Å². The Labute approximate surface area is 244 Å². The van der Waals surface area contributed by atoms with Gasteiger partial charge in [-0.25, -0.2) is 13.1 Å². The van der Waals surface area contributed by atoms with Gasteiger partial charge in [-0.15, -0.1) is 12.4 Å². The molecule has 0 radical (unpaired) electrons. The Morgan fingerprint density at radius 3 is 2.20 bits per heavy atom. The van der Waals surface area contributed by atoms with Gasteiger partial charge in [-0.1, -0.05) is 74.5 Å². The van der Waals surface area contributed by atoms with Crippen LogP contribution in [0.25, 0.3) is 11.1 Å². The van der Waals surface area contributed by atoms with E-state index in [1.165, 1.54) is 0 Å². The number of benzene rings is 3. The molecule has 3 aromatic rings. The second-order valence-corrected chi connectivity index (χ2v) is 12.2. The normalized spacial score (nSPS) is 12.2. The molecule has 3 rings (SSSR count). The molecular formula is C31H41ClN2O5S. The third-order valence-corrected chi connectivity index (χ3v) is 7.47. The van der Waals surface area contributed by atoms with E-state index in [0.29, 0.717) is 18.7 Å². The first-order valence-corrected chi connectivity index (χ1v) is 15.1. The first kappa shape index (κ1) is 33.3. The lowest BCUT2D eigenvalue weighted by Gasteiger charge is -2.16. The summed E-state index contributed by atoms with van der Waals surface area (Å²) in [5.41, 5.74) is 4.05. The molecule has 0 aromatic heterocycles. The van der Waals surface area contributed by atoms with Crippen LogP contribution in [0.2, 0.25) is 0 Å². The second-order valence-electron chi connectivity index (χ2n) is 10.4. The number of halogens is 1. The summed E-state index contributed by atoms with van der Waals surface area (Å²) >= 11 is 0.